The fraction of sp³-hybridized carbons (Fsp3) is 0.600. The number of hydrogen-bond acceptors (Lipinski definition) is 5. The monoisotopic (exact) mass is 281 g/mol. The molecule has 1 aromatic carbocycles. The largest absolute Gasteiger partial charge is 0.395 e. The van der Waals surface area contributed by atoms with Crippen molar-refractivity contribution in [1.29, 1.82) is 0 Å². The molecule has 112 valence electrons. The van der Waals surface area contributed by atoms with E-state index in [1.165, 1.54) is 5.56 Å². The van der Waals surface area contributed by atoms with E-state index < -0.39 is 24.4 Å². The number of rotatable bonds is 5. The maximum absolute atomic E-state index is 9.88. The van der Waals surface area contributed by atoms with Gasteiger partial charge < -0.3 is 20.4 Å². The second-order valence-corrected chi connectivity index (χ2v) is 5.38. The minimum atomic E-state index is -1.18. The molecule has 0 amide bonds. The van der Waals surface area contributed by atoms with Crippen LogP contribution < -0.4 is 0 Å². The lowest BCUT2D eigenvalue weighted by molar-refractivity contribution is -0.145. The van der Waals surface area contributed by atoms with Crippen molar-refractivity contribution in [3.05, 3.63) is 35.9 Å². The first kappa shape index (κ1) is 15.4. The van der Waals surface area contributed by atoms with Gasteiger partial charge in [-0.2, -0.15) is 0 Å². The molecule has 5 nitrogen and oxygen atoms in total. The van der Waals surface area contributed by atoms with E-state index in [9.17, 15) is 20.4 Å². The van der Waals surface area contributed by atoms with E-state index in [0.717, 1.165) is 12.8 Å². The third-order valence-electron chi connectivity index (χ3n) is 3.97. The number of hydrogen-bond donors (Lipinski definition) is 4. The second-order valence-electron chi connectivity index (χ2n) is 5.38. The van der Waals surface area contributed by atoms with Crippen LogP contribution in [0.4, 0.5) is 0 Å². The SMILES string of the molecule is OC[C@@H]1[C@@H](O)[C@H](O)[C@@H](O)CN1CCCc1ccccc1. The number of likely N-dealkylation sites (tertiary alicyclic amines) is 1. The highest BCUT2D eigenvalue weighted by molar-refractivity contribution is 5.14. The molecule has 20 heavy (non-hydrogen) atoms. The zero-order valence-electron chi connectivity index (χ0n) is 11.5. The first-order chi connectivity index (χ1) is 9.63. The average Bonchev–Trinajstić information content (AvgIpc) is 2.46. The molecule has 5 heteroatoms. The summed E-state index contributed by atoms with van der Waals surface area (Å²) in [6.07, 6.45) is -1.48. The Balaban J connectivity index is 1.87. The molecule has 1 saturated heterocycles. The summed E-state index contributed by atoms with van der Waals surface area (Å²) in [5, 5.41) is 38.6. The number of benzene rings is 1. The quantitative estimate of drug-likeness (QED) is 0.578. The fourth-order valence-electron chi connectivity index (χ4n) is 2.77. The first-order valence-corrected chi connectivity index (χ1v) is 7.06. The summed E-state index contributed by atoms with van der Waals surface area (Å²) in [6.45, 7) is 0.718. The van der Waals surface area contributed by atoms with Gasteiger partial charge in [0.15, 0.2) is 0 Å². The van der Waals surface area contributed by atoms with Gasteiger partial charge in [-0.25, -0.2) is 0 Å². The molecule has 1 heterocycles. The van der Waals surface area contributed by atoms with Crippen molar-refractivity contribution in [2.45, 2.75) is 37.2 Å². The average molecular weight is 281 g/mol. The maximum atomic E-state index is 9.88. The third kappa shape index (κ3) is 3.56. The Bertz CT molecular complexity index is 400. The lowest BCUT2D eigenvalue weighted by Gasteiger charge is -2.43. The van der Waals surface area contributed by atoms with Gasteiger partial charge in [0.05, 0.1) is 18.8 Å². The summed E-state index contributed by atoms with van der Waals surface area (Å²) in [7, 11) is 0. The summed E-state index contributed by atoms with van der Waals surface area (Å²) in [5.74, 6) is 0. The number of β-amino-alcohol motifs (C(OH)–C–C–N with tert-alkyl or cyclic N) is 1. The molecule has 0 spiro atoms. The van der Waals surface area contributed by atoms with E-state index in [4.69, 9.17) is 0 Å². The molecule has 1 aliphatic heterocycles. The molecule has 4 atom stereocenters. The third-order valence-corrected chi connectivity index (χ3v) is 3.97. The van der Waals surface area contributed by atoms with E-state index >= 15 is 0 Å². The molecule has 1 aliphatic rings. The van der Waals surface area contributed by atoms with Crippen molar-refractivity contribution in [2.75, 3.05) is 19.7 Å². The van der Waals surface area contributed by atoms with Gasteiger partial charge in [0.1, 0.15) is 12.2 Å². The molecule has 0 radical (unpaired) electrons. The molecule has 1 fully saturated rings. The van der Waals surface area contributed by atoms with Crippen LogP contribution in [-0.2, 0) is 6.42 Å². The molecular formula is C15H23NO4. The number of aliphatic hydroxyl groups is 4. The van der Waals surface area contributed by atoms with Crippen LogP contribution in [0.3, 0.4) is 0 Å². The van der Waals surface area contributed by atoms with Crippen LogP contribution in [0.2, 0.25) is 0 Å². The zero-order valence-corrected chi connectivity index (χ0v) is 11.5. The standard InChI is InChI=1S/C15H23NO4/c17-10-12-14(19)15(20)13(18)9-16(12)8-4-7-11-5-2-1-3-6-11/h1-3,5-6,12-15,17-20H,4,7-10H2/t12-,13+,14-,15-/m1/s1. The molecule has 2 rings (SSSR count). The van der Waals surface area contributed by atoms with Gasteiger partial charge in [0.2, 0.25) is 0 Å². The lowest BCUT2D eigenvalue weighted by Crippen LogP contribution is -2.62. The fourth-order valence-corrected chi connectivity index (χ4v) is 2.77. The molecular weight excluding hydrogens is 258 g/mol. The van der Waals surface area contributed by atoms with Crippen LogP contribution in [-0.4, -0.2) is 69.4 Å². The van der Waals surface area contributed by atoms with Gasteiger partial charge in [-0.15, -0.1) is 0 Å². The van der Waals surface area contributed by atoms with Crippen LogP contribution in [0.15, 0.2) is 30.3 Å². The van der Waals surface area contributed by atoms with Crippen molar-refractivity contribution >= 4 is 0 Å². The molecule has 4 N–H and O–H groups in total. The Kier molecular flexibility index (Phi) is 5.51. The molecule has 0 bridgehead atoms. The van der Waals surface area contributed by atoms with Gasteiger partial charge in [0.25, 0.3) is 0 Å². The molecule has 1 aromatic rings. The highest BCUT2D eigenvalue weighted by atomic mass is 16.4. The van der Waals surface area contributed by atoms with E-state index in [1.54, 1.807) is 0 Å². The molecule has 0 aliphatic carbocycles. The minimum absolute atomic E-state index is 0.226. The summed E-state index contributed by atoms with van der Waals surface area (Å²) >= 11 is 0. The Morgan fingerprint density at radius 3 is 2.40 bits per heavy atom. The number of piperidine rings is 1. The van der Waals surface area contributed by atoms with Crippen LogP contribution >= 0.6 is 0 Å². The van der Waals surface area contributed by atoms with Gasteiger partial charge in [-0.05, 0) is 24.9 Å². The predicted octanol–water partition coefficient (Wildman–Crippen LogP) is -0.622. The van der Waals surface area contributed by atoms with Gasteiger partial charge in [-0.3, -0.25) is 4.90 Å². The highest BCUT2D eigenvalue weighted by Crippen LogP contribution is 2.19. The smallest absolute Gasteiger partial charge is 0.109 e. The van der Waals surface area contributed by atoms with Gasteiger partial charge >= 0.3 is 0 Å². The topological polar surface area (TPSA) is 84.2 Å². The Morgan fingerprint density at radius 2 is 1.75 bits per heavy atom. The van der Waals surface area contributed by atoms with E-state index in [1.807, 2.05) is 23.1 Å². The Hall–Kier alpha value is -0.980. The van der Waals surface area contributed by atoms with E-state index in [2.05, 4.69) is 12.1 Å². The molecule has 0 aromatic heterocycles. The minimum Gasteiger partial charge on any atom is -0.395 e. The molecule has 0 saturated carbocycles. The zero-order chi connectivity index (χ0) is 14.5. The highest BCUT2D eigenvalue weighted by Gasteiger charge is 2.40. The summed E-state index contributed by atoms with van der Waals surface area (Å²) in [5.41, 5.74) is 1.24. The number of aryl methyl sites for hydroxylation is 1. The van der Waals surface area contributed by atoms with Crippen LogP contribution in [0.1, 0.15) is 12.0 Å². The van der Waals surface area contributed by atoms with Crippen molar-refractivity contribution in [3.8, 4) is 0 Å². The first-order valence-electron chi connectivity index (χ1n) is 7.06. The predicted molar refractivity (Wildman–Crippen MR) is 75.2 cm³/mol. The Labute approximate surface area is 119 Å². The van der Waals surface area contributed by atoms with E-state index in [-0.39, 0.29) is 13.2 Å². The normalized spacial score (nSPS) is 31.4. The summed E-state index contributed by atoms with van der Waals surface area (Å²) in [4.78, 5) is 1.85. The van der Waals surface area contributed by atoms with Gasteiger partial charge in [-0.1, -0.05) is 30.3 Å². The second kappa shape index (κ2) is 7.15. The van der Waals surface area contributed by atoms with Crippen LogP contribution in [0.25, 0.3) is 0 Å². The lowest BCUT2D eigenvalue weighted by atomic mass is 9.94. The van der Waals surface area contributed by atoms with Crippen LogP contribution in [0, 0.1) is 0 Å². The Morgan fingerprint density at radius 1 is 1.05 bits per heavy atom. The maximum Gasteiger partial charge on any atom is 0.109 e. The van der Waals surface area contributed by atoms with Crippen molar-refractivity contribution in [3.63, 3.8) is 0 Å². The summed E-state index contributed by atoms with van der Waals surface area (Å²) in [6, 6.07) is 9.58. The van der Waals surface area contributed by atoms with Crippen molar-refractivity contribution < 1.29 is 20.4 Å². The summed E-state index contributed by atoms with van der Waals surface area (Å²) < 4.78 is 0. The van der Waals surface area contributed by atoms with E-state index in [0.29, 0.717) is 6.54 Å². The number of nitrogens with zero attached hydrogens (tertiary/aromatic N) is 1. The van der Waals surface area contributed by atoms with Crippen molar-refractivity contribution in [2.24, 2.45) is 0 Å². The van der Waals surface area contributed by atoms with Crippen LogP contribution in [0.5, 0.6) is 0 Å². The number of aliphatic hydroxyl groups excluding tert-OH is 4. The van der Waals surface area contributed by atoms with Crippen molar-refractivity contribution in [1.82, 2.24) is 4.90 Å². The molecule has 0 unspecified atom stereocenters. The van der Waals surface area contributed by atoms with Gasteiger partial charge in [0, 0.05) is 6.54 Å².